The molecule has 0 aliphatic heterocycles. The number of aromatic nitrogens is 2. The van der Waals surface area contributed by atoms with Crippen molar-refractivity contribution in [2.75, 3.05) is 13.7 Å². The van der Waals surface area contributed by atoms with E-state index >= 15 is 0 Å². The molecule has 0 amide bonds. The minimum Gasteiger partial charge on any atom is -0.381 e. The average Bonchev–Trinajstić information content (AvgIpc) is 2.43. The first-order chi connectivity index (χ1) is 6.16. The van der Waals surface area contributed by atoms with Crippen molar-refractivity contribution in [2.24, 2.45) is 0 Å². The second-order valence-electron chi connectivity index (χ2n) is 2.30. The number of nitro groups is 1. The fourth-order valence-corrected chi connectivity index (χ4v) is 1.11. The molecule has 1 heterocycles. The molecule has 0 aromatic carbocycles. The van der Waals surface area contributed by atoms with Gasteiger partial charge < -0.3 is 14.9 Å². The summed E-state index contributed by atoms with van der Waals surface area (Å²) < 4.78 is 6.11. The first kappa shape index (κ1) is 9.94. The molecule has 0 unspecified atom stereocenters. The van der Waals surface area contributed by atoms with Gasteiger partial charge in [-0.1, -0.05) is 11.6 Å². The maximum absolute atomic E-state index is 10.5. The molecule has 0 bridgehead atoms. The Morgan fingerprint density at radius 1 is 1.85 bits per heavy atom. The minimum atomic E-state index is -0.564. The lowest BCUT2D eigenvalue weighted by atomic mass is 10.6. The van der Waals surface area contributed by atoms with Crippen LogP contribution in [0.4, 0.5) is 5.82 Å². The van der Waals surface area contributed by atoms with E-state index in [2.05, 4.69) is 4.98 Å². The highest BCUT2D eigenvalue weighted by Gasteiger charge is 2.19. The second-order valence-corrected chi connectivity index (χ2v) is 2.66. The maximum atomic E-state index is 10.5. The normalized spacial score (nSPS) is 10.3. The van der Waals surface area contributed by atoms with Crippen molar-refractivity contribution < 1.29 is 9.66 Å². The minimum absolute atomic E-state index is 0.0962. The molecule has 0 radical (unpaired) electrons. The summed E-state index contributed by atoms with van der Waals surface area (Å²) in [5.74, 6) is -0.196. The van der Waals surface area contributed by atoms with Crippen molar-refractivity contribution >= 4 is 17.4 Å². The van der Waals surface area contributed by atoms with E-state index in [0.717, 1.165) is 0 Å². The summed E-state index contributed by atoms with van der Waals surface area (Å²) in [5.41, 5.74) is 0. The molecule has 0 aliphatic carbocycles. The molecule has 72 valence electrons. The highest BCUT2D eigenvalue weighted by Crippen LogP contribution is 2.21. The number of rotatable bonds is 4. The van der Waals surface area contributed by atoms with Crippen LogP contribution in [0.1, 0.15) is 0 Å². The molecule has 0 saturated heterocycles. The Bertz CT molecular complexity index is 312. The van der Waals surface area contributed by atoms with Gasteiger partial charge in [-0.25, -0.2) is 4.57 Å². The van der Waals surface area contributed by atoms with Crippen molar-refractivity contribution in [1.29, 1.82) is 0 Å². The number of hydrogen-bond donors (Lipinski definition) is 0. The van der Waals surface area contributed by atoms with Crippen LogP contribution in [-0.4, -0.2) is 28.2 Å². The van der Waals surface area contributed by atoms with Crippen molar-refractivity contribution in [2.45, 2.75) is 6.54 Å². The van der Waals surface area contributed by atoms with Gasteiger partial charge in [0.15, 0.2) is 6.33 Å². The van der Waals surface area contributed by atoms with E-state index in [-0.39, 0.29) is 11.0 Å². The zero-order valence-corrected chi connectivity index (χ0v) is 7.69. The molecule has 0 saturated carbocycles. The topological polar surface area (TPSA) is 70.2 Å². The zero-order valence-electron chi connectivity index (χ0n) is 6.94. The van der Waals surface area contributed by atoms with E-state index in [1.807, 2.05) is 0 Å². The zero-order chi connectivity index (χ0) is 9.84. The molecule has 0 atom stereocenters. The van der Waals surface area contributed by atoms with Crippen molar-refractivity contribution in [3.63, 3.8) is 0 Å². The van der Waals surface area contributed by atoms with Gasteiger partial charge in [-0.3, -0.25) is 0 Å². The first-order valence-corrected chi connectivity index (χ1v) is 3.88. The quantitative estimate of drug-likeness (QED) is 0.545. The van der Waals surface area contributed by atoms with E-state index in [9.17, 15) is 10.1 Å². The predicted octanol–water partition coefficient (Wildman–Crippen LogP) is 1.09. The summed E-state index contributed by atoms with van der Waals surface area (Å²) in [6.45, 7) is 0.750. The lowest BCUT2D eigenvalue weighted by Crippen LogP contribution is -2.06. The molecule has 1 aromatic rings. The molecule has 1 aromatic heterocycles. The number of methoxy groups -OCH3 is 1. The maximum Gasteiger partial charge on any atom is 0.362 e. The van der Waals surface area contributed by atoms with Gasteiger partial charge in [0.05, 0.1) is 6.61 Å². The Morgan fingerprint density at radius 3 is 3.08 bits per heavy atom. The third kappa shape index (κ3) is 2.16. The molecule has 0 N–H and O–H groups in total. The SMILES string of the molecule is COCCn1cnc(Cl)c1[N+](=O)[O-]. The molecule has 7 heteroatoms. The summed E-state index contributed by atoms with van der Waals surface area (Å²) in [6, 6.07) is 0. The Labute approximate surface area is 79.2 Å². The highest BCUT2D eigenvalue weighted by molar-refractivity contribution is 6.31. The lowest BCUT2D eigenvalue weighted by Gasteiger charge is -1.99. The van der Waals surface area contributed by atoms with Crippen molar-refractivity contribution in [3.8, 4) is 0 Å². The van der Waals surface area contributed by atoms with Crippen LogP contribution in [0.3, 0.4) is 0 Å². The monoisotopic (exact) mass is 205 g/mol. The van der Waals surface area contributed by atoms with Crippen molar-refractivity contribution in [1.82, 2.24) is 9.55 Å². The smallest absolute Gasteiger partial charge is 0.362 e. The van der Waals surface area contributed by atoms with E-state index < -0.39 is 4.92 Å². The third-order valence-corrected chi connectivity index (χ3v) is 1.74. The molecule has 1 rings (SSSR count). The molecule has 0 fully saturated rings. The van der Waals surface area contributed by atoms with Gasteiger partial charge in [-0.05, 0) is 4.92 Å². The molecule has 13 heavy (non-hydrogen) atoms. The fraction of sp³-hybridized carbons (Fsp3) is 0.500. The van der Waals surface area contributed by atoms with Crippen LogP contribution in [0.15, 0.2) is 6.33 Å². The van der Waals surface area contributed by atoms with E-state index in [1.165, 1.54) is 18.0 Å². The Morgan fingerprint density at radius 2 is 2.54 bits per heavy atom. The van der Waals surface area contributed by atoms with Gasteiger partial charge in [-0.2, -0.15) is 4.98 Å². The second kappa shape index (κ2) is 4.20. The summed E-state index contributed by atoms with van der Waals surface area (Å²) in [4.78, 5) is 13.5. The van der Waals surface area contributed by atoms with Crippen molar-refractivity contribution in [3.05, 3.63) is 21.6 Å². The lowest BCUT2D eigenvalue weighted by molar-refractivity contribution is -0.392. The van der Waals surface area contributed by atoms with Crippen LogP contribution in [0.5, 0.6) is 0 Å². The summed E-state index contributed by atoms with van der Waals surface area (Å²) in [5, 5.41) is 10.4. The standard InChI is InChI=1S/C6H8ClN3O3/c1-13-3-2-9-4-8-5(7)6(9)10(11)12/h4H,2-3H2,1H3. The van der Waals surface area contributed by atoms with Gasteiger partial charge >= 0.3 is 5.82 Å². The van der Waals surface area contributed by atoms with Crippen LogP contribution in [0.25, 0.3) is 0 Å². The van der Waals surface area contributed by atoms with Gasteiger partial charge in [-0.15, -0.1) is 0 Å². The molecule has 0 aliphatic rings. The number of halogens is 1. The van der Waals surface area contributed by atoms with Crippen LogP contribution in [0.2, 0.25) is 5.15 Å². The van der Waals surface area contributed by atoms with Crippen LogP contribution in [-0.2, 0) is 11.3 Å². The highest BCUT2D eigenvalue weighted by atomic mass is 35.5. The number of nitrogens with zero attached hydrogens (tertiary/aromatic N) is 3. The predicted molar refractivity (Wildman–Crippen MR) is 45.8 cm³/mol. The van der Waals surface area contributed by atoms with Gasteiger partial charge in [0.1, 0.15) is 6.54 Å². The number of ether oxygens (including phenoxy) is 1. The van der Waals surface area contributed by atoms with E-state index in [1.54, 1.807) is 0 Å². The molecular formula is C6H8ClN3O3. The van der Waals surface area contributed by atoms with Gasteiger partial charge in [0, 0.05) is 7.11 Å². The van der Waals surface area contributed by atoms with Crippen LogP contribution >= 0.6 is 11.6 Å². The first-order valence-electron chi connectivity index (χ1n) is 3.50. The molecule has 6 nitrogen and oxygen atoms in total. The Kier molecular flexibility index (Phi) is 3.21. The Hall–Kier alpha value is -1.14. The third-order valence-electron chi connectivity index (χ3n) is 1.48. The van der Waals surface area contributed by atoms with Gasteiger partial charge in [0.25, 0.3) is 0 Å². The number of hydrogen-bond acceptors (Lipinski definition) is 4. The van der Waals surface area contributed by atoms with E-state index in [0.29, 0.717) is 13.2 Å². The average molecular weight is 206 g/mol. The number of imidazole rings is 1. The Balaban J connectivity index is 2.87. The summed E-state index contributed by atoms with van der Waals surface area (Å²) >= 11 is 5.50. The van der Waals surface area contributed by atoms with Crippen LogP contribution in [0, 0.1) is 10.1 Å². The fourth-order valence-electron chi connectivity index (χ4n) is 0.885. The summed E-state index contributed by atoms with van der Waals surface area (Å²) in [7, 11) is 1.52. The molecule has 0 spiro atoms. The molecular weight excluding hydrogens is 198 g/mol. The van der Waals surface area contributed by atoms with Gasteiger partial charge in [0.2, 0.25) is 5.15 Å². The van der Waals surface area contributed by atoms with Crippen LogP contribution < -0.4 is 0 Å². The van der Waals surface area contributed by atoms with E-state index in [4.69, 9.17) is 16.3 Å². The largest absolute Gasteiger partial charge is 0.381 e. The summed E-state index contributed by atoms with van der Waals surface area (Å²) in [6.07, 6.45) is 1.32.